The van der Waals surface area contributed by atoms with Gasteiger partial charge in [-0.1, -0.05) is 6.07 Å². The zero-order valence-corrected chi connectivity index (χ0v) is 13.1. The van der Waals surface area contributed by atoms with Crippen molar-refractivity contribution in [1.29, 1.82) is 0 Å². The summed E-state index contributed by atoms with van der Waals surface area (Å²) in [6.07, 6.45) is 2.22. The van der Waals surface area contributed by atoms with E-state index in [9.17, 15) is 4.79 Å². The smallest absolute Gasteiger partial charge is 0.261 e. The fourth-order valence-corrected chi connectivity index (χ4v) is 2.82. The van der Waals surface area contributed by atoms with Crippen molar-refractivity contribution in [1.82, 2.24) is 5.32 Å². The molecule has 1 amide bonds. The van der Waals surface area contributed by atoms with Gasteiger partial charge in [-0.25, -0.2) is 0 Å². The standard InChI is InChI=1S/C17H19NO2S/c1-11-3-6-15(7-12(11)2)20-9-13-8-16(21-10-13)17(19)18-14-4-5-14/h3,6-8,10,14H,4-5,9H2,1-2H3,(H,18,19). The van der Waals surface area contributed by atoms with Gasteiger partial charge in [-0.05, 0) is 61.4 Å². The van der Waals surface area contributed by atoms with Crippen LogP contribution in [0.2, 0.25) is 0 Å². The summed E-state index contributed by atoms with van der Waals surface area (Å²) in [7, 11) is 0. The van der Waals surface area contributed by atoms with Crippen LogP contribution in [-0.2, 0) is 6.61 Å². The summed E-state index contributed by atoms with van der Waals surface area (Å²) < 4.78 is 5.79. The molecule has 1 aromatic heterocycles. The molecule has 21 heavy (non-hydrogen) atoms. The third kappa shape index (κ3) is 3.64. The lowest BCUT2D eigenvalue weighted by Crippen LogP contribution is -2.24. The van der Waals surface area contributed by atoms with Crippen LogP contribution in [0.1, 0.15) is 39.2 Å². The molecule has 0 atom stereocenters. The van der Waals surface area contributed by atoms with E-state index < -0.39 is 0 Å². The second-order valence-corrected chi connectivity index (χ2v) is 6.51. The summed E-state index contributed by atoms with van der Waals surface area (Å²) in [5.74, 6) is 0.910. The molecule has 1 aliphatic carbocycles. The first-order chi connectivity index (χ1) is 10.1. The second kappa shape index (κ2) is 5.90. The predicted octanol–water partition coefficient (Wildman–Crippen LogP) is 3.84. The molecule has 3 rings (SSSR count). The van der Waals surface area contributed by atoms with E-state index in [0.29, 0.717) is 12.6 Å². The van der Waals surface area contributed by atoms with Crippen molar-refractivity contribution < 1.29 is 9.53 Å². The minimum Gasteiger partial charge on any atom is -0.489 e. The van der Waals surface area contributed by atoms with Gasteiger partial charge in [-0.3, -0.25) is 4.79 Å². The number of amides is 1. The average molecular weight is 301 g/mol. The van der Waals surface area contributed by atoms with Crippen LogP contribution < -0.4 is 10.1 Å². The molecule has 0 spiro atoms. The van der Waals surface area contributed by atoms with Crippen molar-refractivity contribution in [2.45, 2.75) is 39.3 Å². The Morgan fingerprint density at radius 1 is 1.29 bits per heavy atom. The Morgan fingerprint density at radius 2 is 2.10 bits per heavy atom. The molecule has 3 nitrogen and oxygen atoms in total. The Morgan fingerprint density at radius 3 is 2.81 bits per heavy atom. The molecule has 1 N–H and O–H groups in total. The van der Waals surface area contributed by atoms with Crippen molar-refractivity contribution >= 4 is 17.2 Å². The molecule has 0 unspecified atom stereocenters. The number of hydrogen-bond acceptors (Lipinski definition) is 3. The molecule has 0 saturated heterocycles. The van der Waals surface area contributed by atoms with E-state index in [2.05, 4.69) is 25.2 Å². The summed E-state index contributed by atoms with van der Waals surface area (Å²) in [5, 5.41) is 4.99. The van der Waals surface area contributed by atoms with Crippen molar-refractivity contribution in [3.63, 3.8) is 0 Å². The minimum atomic E-state index is 0.0416. The number of nitrogens with one attached hydrogen (secondary N) is 1. The summed E-state index contributed by atoms with van der Waals surface area (Å²) in [4.78, 5) is 12.7. The van der Waals surface area contributed by atoms with Gasteiger partial charge in [0.2, 0.25) is 0 Å². The van der Waals surface area contributed by atoms with E-state index in [-0.39, 0.29) is 5.91 Å². The van der Waals surface area contributed by atoms with Crippen LogP contribution in [0.15, 0.2) is 29.6 Å². The second-order valence-electron chi connectivity index (χ2n) is 5.60. The van der Waals surface area contributed by atoms with Crippen molar-refractivity contribution in [3.8, 4) is 5.75 Å². The molecule has 0 aliphatic heterocycles. The number of rotatable bonds is 5. The summed E-state index contributed by atoms with van der Waals surface area (Å²) >= 11 is 1.48. The van der Waals surface area contributed by atoms with E-state index >= 15 is 0 Å². The maximum atomic E-state index is 11.9. The Kier molecular flexibility index (Phi) is 3.97. The van der Waals surface area contributed by atoms with Crippen LogP contribution in [0.5, 0.6) is 5.75 Å². The lowest BCUT2D eigenvalue weighted by molar-refractivity contribution is 0.0955. The zero-order valence-electron chi connectivity index (χ0n) is 12.3. The molecule has 110 valence electrons. The molecular formula is C17H19NO2S. The zero-order chi connectivity index (χ0) is 14.8. The Hall–Kier alpha value is -1.81. The molecule has 0 bridgehead atoms. The highest BCUT2D eigenvalue weighted by molar-refractivity contribution is 7.12. The molecular weight excluding hydrogens is 282 g/mol. The quantitative estimate of drug-likeness (QED) is 0.911. The number of ether oxygens (including phenoxy) is 1. The van der Waals surface area contributed by atoms with Crippen molar-refractivity contribution in [3.05, 3.63) is 51.2 Å². The minimum absolute atomic E-state index is 0.0416. The van der Waals surface area contributed by atoms with Gasteiger partial charge in [0.05, 0.1) is 4.88 Å². The first-order valence-corrected chi connectivity index (χ1v) is 8.08. The van der Waals surface area contributed by atoms with Gasteiger partial charge in [0.25, 0.3) is 5.91 Å². The van der Waals surface area contributed by atoms with Gasteiger partial charge in [-0.2, -0.15) is 0 Å². The molecule has 1 heterocycles. The van der Waals surface area contributed by atoms with E-state index in [1.165, 1.54) is 22.5 Å². The van der Waals surface area contributed by atoms with Crippen LogP contribution in [0.25, 0.3) is 0 Å². The van der Waals surface area contributed by atoms with E-state index in [1.807, 2.05) is 23.6 Å². The van der Waals surface area contributed by atoms with Crippen LogP contribution in [0, 0.1) is 13.8 Å². The fourth-order valence-electron chi connectivity index (χ4n) is 2.02. The number of aryl methyl sites for hydroxylation is 2. The largest absolute Gasteiger partial charge is 0.489 e. The first-order valence-electron chi connectivity index (χ1n) is 7.20. The van der Waals surface area contributed by atoms with Gasteiger partial charge in [0.15, 0.2) is 0 Å². The predicted molar refractivity (Wildman–Crippen MR) is 85.1 cm³/mol. The van der Waals surface area contributed by atoms with Crippen LogP contribution >= 0.6 is 11.3 Å². The summed E-state index contributed by atoms with van der Waals surface area (Å²) in [6, 6.07) is 8.41. The monoisotopic (exact) mass is 301 g/mol. The van der Waals surface area contributed by atoms with E-state index in [0.717, 1.165) is 29.0 Å². The van der Waals surface area contributed by atoms with Crippen LogP contribution in [-0.4, -0.2) is 11.9 Å². The third-order valence-electron chi connectivity index (χ3n) is 3.67. The number of carbonyl (C=O) groups is 1. The number of carbonyl (C=O) groups excluding carboxylic acids is 1. The Bertz CT molecular complexity index is 659. The first kappa shape index (κ1) is 14.1. The highest BCUT2D eigenvalue weighted by atomic mass is 32.1. The highest BCUT2D eigenvalue weighted by Gasteiger charge is 2.24. The van der Waals surface area contributed by atoms with Gasteiger partial charge in [0.1, 0.15) is 12.4 Å². The van der Waals surface area contributed by atoms with Gasteiger partial charge in [0, 0.05) is 11.6 Å². The fraction of sp³-hybridized carbons (Fsp3) is 0.353. The molecule has 1 aliphatic rings. The lowest BCUT2D eigenvalue weighted by Gasteiger charge is -2.07. The number of thiophene rings is 1. The maximum absolute atomic E-state index is 11.9. The Labute approximate surface area is 129 Å². The molecule has 2 aromatic rings. The van der Waals surface area contributed by atoms with Crippen LogP contribution in [0.3, 0.4) is 0 Å². The summed E-state index contributed by atoms with van der Waals surface area (Å²) in [6.45, 7) is 4.66. The van der Waals surface area contributed by atoms with Gasteiger partial charge < -0.3 is 10.1 Å². The SMILES string of the molecule is Cc1ccc(OCc2csc(C(=O)NC3CC3)c2)cc1C. The Balaban J connectivity index is 1.58. The molecule has 4 heteroatoms. The van der Waals surface area contributed by atoms with Crippen molar-refractivity contribution in [2.75, 3.05) is 0 Å². The lowest BCUT2D eigenvalue weighted by atomic mass is 10.1. The van der Waals surface area contributed by atoms with Gasteiger partial charge in [-0.15, -0.1) is 11.3 Å². The topological polar surface area (TPSA) is 38.3 Å². The van der Waals surface area contributed by atoms with E-state index in [1.54, 1.807) is 0 Å². The molecule has 1 aromatic carbocycles. The number of benzene rings is 1. The maximum Gasteiger partial charge on any atom is 0.261 e. The van der Waals surface area contributed by atoms with Gasteiger partial charge >= 0.3 is 0 Å². The van der Waals surface area contributed by atoms with Crippen LogP contribution in [0.4, 0.5) is 0 Å². The third-order valence-corrected chi connectivity index (χ3v) is 4.65. The average Bonchev–Trinajstić information content (AvgIpc) is 3.15. The van der Waals surface area contributed by atoms with E-state index in [4.69, 9.17) is 4.74 Å². The molecule has 1 fully saturated rings. The molecule has 1 saturated carbocycles. The normalized spacial score (nSPS) is 14.0. The summed E-state index contributed by atoms with van der Waals surface area (Å²) in [5.41, 5.74) is 3.53. The molecule has 0 radical (unpaired) electrons. The highest BCUT2D eigenvalue weighted by Crippen LogP contribution is 2.22. The number of hydrogen-bond donors (Lipinski definition) is 1. The van der Waals surface area contributed by atoms with Crippen molar-refractivity contribution in [2.24, 2.45) is 0 Å².